The van der Waals surface area contributed by atoms with Crippen LogP contribution in [0.25, 0.3) is 0 Å². The summed E-state index contributed by atoms with van der Waals surface area (Å²) >= 11 is 5.85. The molecule has 3 rings (SSSR count). The molecule has 1 fully saturated rings. The molecule has 7 nitrogen and oxygen atoms in total. The molecular weight excluding hydrogens is 387 g/mol. The van der Waals surface area contributed by atoms with Gasteiger partial charge in [-0.05, 0) is 55.0 Å². The van der Waals surface area contributed by atoms with Gasteiger partial charge in [0.15, 0.2) is 0 Å². The number of guanidine groups is 1. The number of rotatable bonds is 4. The molecule has 0 bridgehead atoms. The van der Waals surface area contributed by atoms with E-state index >= 15 is 0 Å². The van der Waals surface area contributed by atoms with Gasteiger partial charge in [-0.15, -0.1) is 0 Å². The van der Waals surface area contributed by atoms with Gasteiger partial charge in [0.1, 0.15) is 5.82 Å². The topological polar surface area (TPSA) is 91.8 Å². The molecular formula is C19H18ClFN4O3. The Morgan fingerprint density at radius 2 is 1.82 bits per heavy atom. The summed E-state index contributed by atoms with van der Waals surface area (Å²) < 4.78 is 17.7. The molecule has 0 saturated heterocycles. The van der Waals surface area contributed by atoms with Gasteiger partial charge in [-0.3, -0.25) is 10.1 Å². The molecule has 9 heteroatoms. The Labute approximate surface area is 165 Å². The van der Waals surface area contributed by atoms with Crippen LogP contribution in [0.5, 0.6) is 0 Å². The molecule has 0 aliphatic heterocycles. The maximum atomic E-state index is 13.1. The van der Waals surface area contributed by atoms with Crippen LogP contribution in [-0.2, 0) is 4.74 Å². The van der Waals surface area contributed by atoms with Crippen LogP contribution in [0.3, 0.4) is 0 Å². The van der Waals surface area contributed by atoms with Crippen molar-refractivity contribution in [1.29, 1.82) is 0 Å². The number of carbonyl (C=O) groups is 2. The second-order valence-corrected chi connectivity index (χ2v) is 6.55. The monoisotopic (exact) mass is 404 g/mol. The molecule has 0 heterocycles. The van der Waals surface area contributed by atoms with Crippen molar-refractivity contribution in [3.63, 3.8) is 0 Å². The summed E-state index contributed by atoms with van der Waals surface area (Å²) in [7, 11) is 1.28. The first kappa shape index (κ1) is 19.6. The van der Waals surface area contributed by atoms with Crippen molar-refractivity contribution in [2.45, 2.75) is 18.5 Å². The van der Waals surface area contributed by atoms with Crippen molar-refractivity contribution >= 4 is 35.2 Å². The average molecular weight is 405 g/mol. The molecule has 146 valence electrons. The number of alkyl carbamates (subject to hydrolysis) is 1. The first-order valence-electron chi connectivity index (χ1n) is 8.46. The van der Waals surface area contributed by atoms with E-state index in [9.17, 15) is 14.0 Å². The van der Waals surface area contributed by atoms with Crippen molar-refractivity contribution in [3.8, 4) is 0 Å². The van der Waals surface area contributed by atoms with Crippen molar-refractivity contribution in [3.05, 3.63) is 64.9 Å². The van der Waals surface area contributed by atoms with E-state index in [1.54, 1.807) is 24.3 Å². The summed E-state index contributed by atoms with van der Waals surface area (Å²) in [5, 5.41) is 8.82. The molecule has 1 saturated carbocycles. The number of anilines is 1. The minimum Gasteiger partial charge on any atom is -0.453 e. The van der Waals surface area contributed by atoms with Crippen LogP contribution < -0.4 is 16.0 Å². The molecule has 2 aromatic carbocycles. The summed E-state index contributed by atoms with van der Waals surface area (Å²) in [6.45, 7) is 0. The van der Waals surface area contributed by atoms with Gasteiger partial charge in [-0.1, -0.05) is 11.6 Å². The van der Waals surface area contributed by atoms with Crippen molar-refractivity contribution in [2.75, 3.05) is 12.4 Å². The quantitative estimate of drug-likeness (QED) is 0.539. The Balaban J connectivity index is 1.73. The predicted octanol–water partition coefficient (Wildman–Crippen LogP) is 3.17. The number of benzene rings is 2. The molecule has 0 radical (unpaired) electrons. The van der Waals surface area contributed by atoms with Crippen LogP contribution in [0.2, 0.25) is 5.02 Å². The number of nitrogens with zero attached hydrogens (tertiary/aromatic N) is 1. The maximum Gasteiger partial charge on any atom is 0.407 e. The Kier molecular flexibility index (Phi) is 6.10. The van der Waals surface area contributed by atoms with E-state index in [0.717, 1.165) is 0 Å². The zero-order valence-corrected chi connectivity index (χ0v) is 15.7. The number of methoxy groups -OCH3 is 1. The van der Waals surface area contributed by atoms with Crippen LogP contribution in [0.15, 0.2) is 53.5 Å². The van der Waals surface area contributed by atoms with Crippen LogP contribution in [0.4, 0.5) is 14.9 Å². The Morgan fingerprint density at radius 3 is 2.46 bits per heavy atom. The van der Waals surface area contributed by atoms with Crippen molar-refractivity contribution in [1.82, 2.24) is 10.6 Å². The fraction of sp³-hybridized carbons (Fsp3) is 0.211. The van der Waals surface area contributed by atoms with E-state index in [4.69, 9.17) is 11.6 Å². The number of carbonyl (C=O) groups excluding carboxylic acids is 2. The van der Waals surface area contributed by atoms with Crippen LogP contribution in [0, 0.1) is 5.82 Å². The van der Waals surface area contributed by atoms with Gasteiger partial charge in [0.25, 0.3) is 5.91 Å². The van der Waals surface area contributed by atoms with E-state index in [0.29, 0.717) is 22.7 Å². The maximum absolute atomic E-state index is 13.1. The highest BCUT2D eigenvalue weighted by Crippen LogP contribution is 2.25. The van der Waals surface area contributed by atoms with Gasteiger partial charge < -0.3 is 15.4 Å². The zero-order valence-electron chi connectivity index (χ0n) is 14.9. The third-order valence-corrected chi connectivity index (χ3v) is 4.24. The van der Waals surface area contributed by atoms with E-state index in [-0.39, 0.29) is 29.8 Å². The van der Waals surface area contributed by atoms with Crippen molar-refractivity contribution < 1.29 is 18.7 Å². The zero-order chi connectivity index (χ0) is 20.1. The fourth-order valence-corrected chi connectivity index (χ4v) is 2.53. The highest BCUT2D eigenvalue weighted by atomic mass is 35.5. The molecule has 2 atom stereocenters. The molecule has 3 N–H and O–H groups in total. The largest absolute Gasteiger partial charge is 0.453 e. The lowest BCUT2D eigenvalue weighted by Gasteiger charge is -2.12. The van der Waals surface area contributed by atoms with Crippen LogP contribution in [0.1, 0.15) is 16.8 Å². The number of ether oxygens (including phenoxy) is 1. The molecule has 1 aliphatic rings. The number of amides is 2. The first-order chi connectivity index (χ1) is 13.4. The predicted molar refractivity (Wildman–Crippen MR) is 104 cm³/mol. The smallest absolute Gasteiger partial charge is 0.407 e. The number of hydrogen-bond acceptors (Lipinski definition) is 4. The van der Waals surface area contributed by atoms with Crippen LogP contribution >= 0.6 is 11.6 Å². The normalized spacial score (nSPS) is 18.2. The first-order valence-corrected chi connectivity index (χ1v) is 8.84. The van der Waals surface area contributed by atoms with E-state index in [2.05, 4.69) is 25.7 Å². The summed E-state index contributed by atoms with van der Waals surface area (Å²) in [5.74, 6) is -0.576. The Hall–Kier alpha value is -3.13. The molecule has 2 aromatic rings. The van der Waals surface area contributed by atoms with Gasteiger partial charge in [-0.2, -0.15) is 0 Å². The second kappa shape index (κ2) is 8.71. The highest BCUT2D eigenvalue weighted by molar-refractivity contribution is 6.30. The summed E-state index contributed by atoms with van der Waals surface area (Å²) in [6, 6.07) is 11.6. The van der Waals surface area contributed by atoms with E-state index in [1.807, 2.05) is 0 Å². The third kappa shape index (κ3) is 5.43. The standard InChI is InChI=1S/C19H18ClFN4O3/c1-28-19(27)24-16-10-15(16)23-18(22-14-8-6-13(21)7-9-14)25-17(26)11-2-4-12(20)5-3-11/h2-9,15-16H,10H2,1H3,(H,24,27)(H2,22,23,25,26). The fourth-order valence-electron chi connectivity index (χ4n) is 2.40. The molecule has 28 heavy (non-hydrogen) atoms. The lowest BCUT2D eigenvalue weighted by atomic mass is 10.2. The number of halogens is 2. The van der Waals surface area contributed by atoms with E-state index < -0.39 is 6.09 Å². The lowest BCUT2D eigenvalue weighted by Crippen LogP contribution is -2.37. The van der Waals surface area contributed by atoms with Gasteiger partial charge in [0.05, 0.1) is 19.2 Å². The molecule has 0 aromatic heterocycles. The Bertz CT molecular complexity index is 887. The van der Waals surface area contributed by atoms with Crippen LogP contribution in [-0.4, -0.2) is 37.2 Å². The van der Waals surface area contributed by atoms with Crippen molar-refractivity contribution in [2.24, 2.45) is 4.99 Å². The lowest BCUT2D eigenvalue weighted by molar-refractivity contribution is 0.0976. The minimum absolute atomic E-state index is 0.176. The molecule has 2 amide bonds. The Morgan fingerprint density at radius 1 is 1.14 bits per heavy atom. The summed E-state index contributed by atoms with van der Waals surface area (Å²) in [4.78, 5) is 28.2. The van der Waals surface area contributed by atoms with Gasteiger partial charge in [-0.25, -0.2) is 14.2 Å². The molecule has 1 aliphatic carbocycles. The SMILES string of the molecule is COC(=O)NC1CC1N=C(NC(=O)c1ccc(Cl)cc1)Nc1ccc(F)cc1. The third-order valence-electron chi connectivity index (χ3n) is 3.99. The molecule has 0 spiro atoms. The van der Waals surface area contributed by atoms with E-state index in [1.165, 1.54) is 31.4 Å². The second-order valence-electron chi connectivity index (χ2n) is 6.12. The summed E-state index contributed by atoms with van der Waals surface area (Å²) in [6.07, 6.45) is 0.0708. The molecule has 2 unspecified atom stereocenters. The van der Waals surface area contributed by atoms with Gasteiger partial charge >= 0.3 is 6.09 Å². The average Bonchev–Trinajstić information content (AvgIpc) is 3.40. The summed E-state index contributed by atoms with van der Waals surface area (Å²) in [5.41, 5.74) is 0.952. The number of hydrogen-bond donors (Lipinski definition) is 3. The van der Waals surface area contributed by atoms with Gasteiger partial charge in [0, 0.05) is 16.3 Å². The number of aliphatic imine (C=N–C) groups is 1. The minimum atomic E-state index is -0.541. The van der Waals surface area contributed by atoms with Gasteiger partial charge in [0.2, 0.25) is 5.96 Å². The number of nitrogens with one attached hydrogen (secondary N) is 3. The highest BCUT2D eigenvalue weighted by Gasteiger charge is 2.39.